The number of fused-ring (bicyclic) bond motifs is 1. The molecule has 184 valence electrons. The Morgan fingerprint density at radius 3 is 2.56 bits per heavy atom. The van der Waals surface area contributed by atoms with Gasteiger partial charge in [-0.05, 0) is 42.8 Å². The van der Waals surface area contributed by atoms with Crippen LogP contribution in [-0.2, 0) is 14.8 Å². The first kappa shape index (κ1) is 25.5. The Morgan fingerprint density at radius 1 is 1.06 bits per heavy atom. The first-order valence-electron chi connectivity index (χ1n) is 10.6. The molecule has 0 aliphatic carbocycles. The molecule has 0 aliphatic heterocycles. The topological polar surface area (TPSA) is 114 Å². The maximum Gasteiger partial charge on any atom is 0.355 e. The van der Waals surface area contributed by atoms with E-state index in [2.05, 4.69) is 15.2 Å². The van der Waals surface area contributed by atoms with Gasteiger partial charge in [-0.1, -0.05) is 59.6 Å². The number of nitrogens with one attached hydrogen (secondary N) is 2. The summed E-state index contributed by atoms with van der Waals surface area (Å²) in [5, 5.41) is 4.96. The second-order valence-electron chi connectivity index (χ2n) is 7.63. The predicted molar refractivity (Wildman–Crippen MR) is 140 cm³/mol. The van der Waals surface area contributed by atoms with Crippen LogP contribution >= 0.6 is 22.9 Å². The van der Waals surface area contributed by atoms with Gasteiger partial charge in [0.05, 0.1) is 22.7 Å². The summed E-state index contributed by atoms with van der Waals surface area (Å²) in [6, 6.07) is 20.2. The van der Waals surface area contributed by atoms with Gasteiger partial charge in [-0.3, -0.25) is 4.79 Å². The molecule has 0 saturated carbocycles. The quantitative estimate of drug-likeness (QED) is 0.147. The molecule has 2 N–H and O–H groups in total. The predicted octanol–water partition coefficient (Wildman–Crippen LogP) is 4.51. The minimum Gasteiger partial charge on any atom is -0.422 e. The maximum absolute atomic E-state index is 12.6. The normalized spacial score (nSPS) is 11.6. The lowest BCUT2D eigenvalue weighted by Gasteiger charge is -2.06. The highest BCUT2D eigenvalue weighted by atomic mass is 35.5. The zero-order chi connectivity index (χ0) is 25.7. The third-order valence-electron chi connectivity index (χ3n) is 4.95. The zero-order valence-electron chi connectivity index (χ0n) is 18.9. The molecule has 4 rings (SSSR count). The highest BCUT2D eigenvalue weighted by Crippen LogP contribution is 2.35. The number of benzene rings is 3. The van der Waals surface area contributed by atoms with Crippen molar-refractivity contribution in [2.45, 2.75) is 11.8 Å². The molecule has 0 unspecified atom stereocenters. The first-order valence-corrected chi connectivity index (χ1v) is 13.3. The van der Waals surface area contributed by atoms with Crippen molar-refractivity contribution in [2.24, 2.45) is 5.10 Å². The average Bonchev–Trinajstić information content (AvgIpc) is 3.20. The lowest BCUT2D eigenvalue weighted by molar-refractivity contribution is -0.119. The number of thiophene rings is 1. The zero-order valence-corrected chi connectivity index (χ0v) is 21.3. The van der Waals surface area contributed by atoms with Crippen LogP contribution in [0.4, 0.5) is 0 Å². The van der Waals surface area contributed by atoms with E-state index < -0.39 is 28.4 Å². The van der Waals surface area contributed by atoms with Crippen molar-refractivity contribution in [3.05, 3.63) is 93.8 Å². The number of aryl methyl sites for hydroxylation is 1. The van der Waals surface area contributed by atoms with Gasteiger partial charge in [-0.25, -0.2) is 23.4 Å². The Bertz CT molecular complexity index is 1560. The summed E-state index contributed by atoms with van der Waals surface area (Å²) in [6.45, 7) is 1.36. The Hall–Kier alpha value is -3.57. The largest absolute Gasteiger partial charge is 0.422 e. The molecule has 0 bridgehead atoms. The standard InChI is InChI=1S/C25H20ClN3O5S2/c1-16-9-11-19(12-10-16)36(32,33)28-15-22(30)29-27-14-17-5-4-6-18(13-17)34-25(31)24-23(26)20-7-2-3-8-21(20)35-24/h2-14,28H,15H2,1H3,(H,29,30). The van der Waals surface area contributed by atoms with Gasteiger partial charge >= 0.3 is 5.97 Å². The maximum atomic E-state index is 12.6. The Kier molecular flexibility index (Phi) is 7.80. The molecule has 1 heterocycles. The van der Waals surface area contributed by atoms with E-state index in [1.807, 2.05) is 31.2 Å². The molecular formula is C25H20ClN3O5S2. The van der Waals surface area contributed by atoms with E-state index in [4.69, 9.17) is 16.3 Å². The minimum atomic E-state index is -3.82. The second-order valence-corrected chi connectivity index (χ2v) is 10.8. The highest BCUT2D eigenvalue weighted by Gasteiger charge is 2.19. The molecule has 3 aromatic carbocycles. The SMILES string of the molecule is Cc1ccc(S(=O)(=O)NCC(=O)NN=Cc2cccc(OC(=O)c3sc4ccccc4c3Cl)c2)cc1. The minimum absolute atomic E-state index is 0.0627. The molecule has 8 nitrogen and oxygen atoms in total. The molecule has 0 spiro atoms. The van der Waals surface area contributed by atoms with E-state index in [1.165, 1.54) is 29.7 Å². The van der Waals surface area contributed by atoms with Crippen molar-refractivity contribution < 1.29 is 22.7 Å². The second kappa shape index (κ2) is 11.0. The summed E-state index contributed by atoms with van der Waals surface area (Å²) in [5.41, 5.74) is 3.72. The number of hydrogen-bond acceptors (Lipinski definition) is 7. The molecule has 1 aromatic heterocycles. The number of esters is 1. The van der Waals surface area contributed by atoms with Crippen LogP contribution in [0.3, 0.4) is 0 Å². The van der Waals surface area contributed by atoms with E-state index in [9.17, 15) is 18.0 Å². The smallest absolute Gasteiger partial charge is 0.355 e. The third-order valence-corrected chi connectivity index (χ3v) is 8.02. The molecule has 0 saturated heterocycles. The van der Waals surface area contributed by atoms with Crippen LogP contribution < -0.4 is 14.9 Å². The van der Waals surface area contributed by atoms with Crippen LogP contribution in [0.5, 0.6) is 5.75 Å². The van der Waals surface area contributed by atoms with E-state index in [1.54, 1.807) is 36.4 Å². The number of nitrogens with zero attached hydrogens (tertiary/aromatic N) is 1. The van der Waals surface area contributed by atoms with E-state index in [-0.39, 0.29) is 10.6 Å². The average molecular weight is 542 g/mol. The molecule has 4 aromatic rings. The Balaban J connectivity index is 1.33. The van der Waals surface area contributed by atoms with Gasteiger partial charge in [0.25, 0.3) is 5.91 Å². The molecule has 11 heteroatoms. The lowest BCUT2D eigenvalue weighted by Crippen LogP contribution is -2.34. The summed E-state index contributed by atoms with van der Waals surface area (Å²) in [6.07, 6.45) is 1.34. The number of hydrazone groups is 1. The van der Waals surface area contributed by atoms with Crippen LogP contribution in [0.1, 0.15) is 20.8 Å². The summed E-state index contributed by atoms with van der Waals surface area (Å²) in [7, 11) is -3.82. The summed E-state index contributed by atoms with van der Waals surface area (Å²) < 4.78 is 33.1. The first-order chi connectivity index (χ1) is 17.2. The number of carbonyl (C=O) groups is 2. The van der Waals surface area contributed by atoms with E-state index >= 15 is 0 Å². The fourth-order valence-electron chi connectivity index (χ4n) is 3.14. The number of halogens is 1. The number of ether oxygens (including phenoxy) is 1. The fourth-order valence-corrected chi connectivity index (χ4v) is 5.50. The van der Waals surface area contributed by atoms with Gasteiger partial charge in [0.15, 0.2) is 0 Å². The van der Waals surface area contributed by atoms with Gasteiger partial charge < -0.3 is 4.74 Å². The number of carbonyl (C=O) groups excluding carboxylic acids is 2. The van der Waals surface area contributed by atoms with E-state index in [0.717, 1.165) is 15.6 Å². The van der Waals surface area contributed by atoms with Crippen LogP contribution in [-0.4, -0.2) is 33.1 Å². The van der Waals surface area contributed by atoms with Crippen molar-refractivity contribution in [3.63, 3.8) is 0 Å². The summed E-state index contributed by atoms with van der Waals surface area (Å²) in [4.78, 5) is 25.0. The molecule has 0 fully saturated rings. The van der Waals surface area contributed by atoms with Crippen LogP contribution in [0.2, 0.25) is 5.02 Å². The van der Waals surface area contributed by atoms with Gasteiger partial charge in [0, 0.05) is 10.1 Å². The lowest BCUT2D eigenvalue weighted by atomic mass is 10.2. The molecule has 36 heavy (non-hydrogen) atoms. The van der Waals surface area contributed by atoms with Crippen LogP contribution in [0.25, 0.3) is 10.1 Å². The van der Waals surface area contributed by atoms with Gasteiger partial charge in [0.2, 0.25) is 10.0 Å². The molecule has 0 atom stereocenters. The van der Waals surface area contributed by atoms with E-state index in [0.29, 0.717) is 15.5 Å². The van der Waals surface area contributed by atoms with Crippen LogP contribution in [0, 0.1) is 6.92 Å². The van der Waals surface area contributed by atoms with Crippen molar-refractivity contribution in [1.82, 2.24) is 10.1 Å². The molecule has 0 aliphatic rings. The molecular weight excluding hydrogens is 522 g/mol. The van der Waals surface area contributed by atoms with Crippen LogP contribution in [0.15, 0.2) is 82.8 Å². The van der Waals surface area contributed by atoms with Crippen molar-refractivity contribution in [3.8, 4) is 5.75 Å². The third kappa shape index (κ3) is 6.16. The van der Waals surface area contributed by atoms with Crippen molar-refractivity contribution >= 4 is 61.1 Å². The van der Waals surface area contributed by atoms with Crippen molar-refractivity contribution in [1.29, 1.82) is 0 Å². The number of amides is 1. The number of hydrogen-bond donors (Lipinski definition) is 2. The Labute approximate surface area is 216 Å². The Morgan fingerprint density at radius 2 is 1.81 bits per heavy atom. The molecule has 1 amide bonds. The highest BCUT2D eigenvalue weighted by molar-refractivity contribution is 7.89. The summed E-state index contributed by atoms with van der Waals surface area (Å²) in [5.74, 6) is -0.956. The monoisotopic (exact) mass is 541 g/mol. The van der Waals surface area contributed by atoms with Gasteiger partial charge in [-0.2, -0.15) is 5.10 Å². The van der Waals surface area contributed by atoms with Gasteiger partial charge in [-0.15, -0.1) is 11.3 Å². The fraction of sp³-hybridized carbons (Fsp3) is 0.0800. The molecule has 0 radical (unpaired) electrons. The number of rotatable bonds is 8. The number of sulfonamides is 1. The van der Waals surface area contributed by atoms with Gasteiger partial charge in [0.1, 0.15) is 10.6 Å². The van der Waals surface area contributed by atoms with Crippen molar-refractivity contribution in [2.75, 3.05) is 6.54 Å². The summed E-state index contributed by atoms with van der Waals surface area (Å²) >= 11 is 7.60.